The first-order valence-corrected chi connectivity index (χ1v) is 7.00. The van der Waals surface area contributed by atoms with Gasteiger partial charge in [-0.15, -0.1) is 0 Å². The van der Waals surface area contributed by atoms with Gasteiger partial charge in [-0.1, -0.05) is 30.5 Å². The SMILES string of the molecule is OC(CN[C@@H]1CCCC[C@H]1O)c1ccc(F)cc1Cl. The van der Waals surface area contributed by atoms with Crippen molar-refractivity contribution in [2.75, 3.05) is 6.54 Å². The molecule has 5 heteroatoms. The van der Waals surface area contributed by atoms with E-state index in [1.54, 1.807) is 0 Å². The molecule has 0 heterocycles. The normalized spacial score (nSPS) is 25.3. The molecule has 1 saturated carbocycles. The van der Waals surface area contributed by atoms with Crippen LogP contribution >= 0.6 is 11.6 Å². The number of nitrogens with one attached hydrogen (secondary N) is 1. The summed E-state index contributed by atoms with van der Waals surface area (Å²) >= 11 is 5.90. The van der Waals surface area contributed by atoms with Crippen molar-refractivity contribution in [3.63, 3.8) is 0 Å². The fraction of sp³-hybridized carbons (Fsp3) is 0.571. The van der Waals surface area contributed by atoms with Crippen molar-refractivity contribution < 1.29 is 14.6 Å². The molecule has 1 aromatic carbocycles. The van der Waals surface area contributed by atoms with Crippen molar-refractivity contribution in [3.05, 3.63) is 34.6 Å². The second kappa shape index (κ2) is 6.66. The Kier molecular flexibility index (Phi) is 5.16. The predicted molar refractivity (Wildman–Crippen MR) is 72.6 cm³/mol. The van der Waals surface area contributed by atoms with Crippen molar-refractivity contribution in [2.45, 2.75) is 43.9 Å². The largest absolute Gasteiger partial charge is 0.392 e. The molecule has 0 spiro atoms. The monoisotopic (exact) mass is 287 g/mol. The summed E-state index contributed by atoms with van der Waals surface area (Å²) in [6.45, 7) is 0.299. The molecule has 0 radical (unpaired) electrons. The Morgan fingerprint density at radius 1 is 1.37 bits per heavy atom. The summed E-state index contributed by atoms with van der Waals surface area (Å²) in [6, 6.07) is 3.97. The summed E-state index contributed by atoms with van der Waals surface area (Å²) in [5.41, 5.74) is 0.501. The minimum absolute atomic E-state index is 0.0163. The van der Waals surface area contributed by atoms with E-state index in [1.165, 1.54) is 18.2 Å². The zero-order valence-electron chi connectivity index (χ0n) is 10.6. The van der Waals surface area contributed by atoms with E-state index in [9.17, 15) is 14.6 Å². The van der Waals surface area contributed by atoms with Crippen LogP contribution in [0.1, 0.15) is 37.4 Å². The molecule has 0 bridgehead atoms. The highest BCUT2D eigenvalue weighted by Crippen LogP contribution is 2.24. The average Bonchev–Trinajstić information content (AvgIpc) is 2.37. The third-order valence-corrected chi connectivity index (χ3v) is 3.95. The van der Waals surface area contributed by atoms with E-state index >= 15 is 0 Å². The number of halogens is 2. The topological polar surface area (TPSA) is 52.5 Å². The number of aliphatic hydroxyl groups is 2. The molecule has 0 saturated heterocycles. The Bertz CT molecular complexity index is 430. The summed E-state index contributed by atoms with van der Waals surface area (Å²) in [5, 5.41) is 23.3. The highest BCUT2D eigenvalue weighted by Gasteiger charge is 2.23. The van der Waals surface area contributed by atoms with E-state index in [1.807, 2.05) is 0 Å². The molecular weight excluding hydrogens is 269 g/mol. The Balaban J connectivity index is 1.91. The Labute approximate surface area is 117 Å². The lowest BCUT2D eigenvalue weighted by Gasteiger charge is -2.29. The number of aliphatic hydroxyl groups excluding tert-OH is 2. The second-order valence-electron chi connectivity index (χ2n) is 5.05. The molecule has 19 heavy (non-hydrogen) atoms. The van der Waals surface area contributed by atoms with Gasteiger partial charge in [0.15, 0.2) is 0 Å². The van der Waals surface area contributed by atoms with Crippen LogP contribution in [0.4, 0.5) is 4.39 Å². The number of hydrogen-bond acceptors (Lipinski definition) is 3. The van der Waals surface area contributed by atoms with Crippen molar-refractivity contribution >= 4 is 11.6 Å². The van der Waals surface area contributed by atoms with Gasteiger partial charge < -0.3 is 15.5 Å². The molecule has 1 aromatic rings. The van der Waals surface area contributed by atoms with Crippen molar-refractivity contribution in [3.8, 4) is 0 Å². The molecule has 1 aliphatic rings. The van der Waals surface area contributed by atoms with E-state index in [0.717, 1.165) is 25.7 Å². The van der Waals surface area contributed by atoms with Crippen LogP contribution in [-0.4, -0.2) is 28.9 Å². The van der Waals surface area contributed by atoms with Gasteiger partial charge >= 0.3 is 0 Å². The van der Waals surface area contributed by atoms with E-state index in [4.69, 9.17) is 11.6 Å². The van der Waals surface area contributed by atoms with Gasteiger partial charge in [-0.2, -0.15) is 0 Å². The summed E-state index contributed by atoms with van der Waals surface area (Å²) in [4.78, 5) is 0. The maximum atomic E-state index is 12.9. The Morgan fingerprint density at radius 3 is 2.79 bits per heavy atom. The molecular formula is C14H19ClFNO2. The summed E-state index contributed by atoms with van der Waals surface area (Å²) in [5.74, 6) is -0.420. The molecule has 2 rings (SSSR count). The first-order valence-electron chi connectivity index (χ1n) is 6.62. The van der Waals surface area contributed by atoms with Gasteiger partial charge in [0.05, 0.1) is 12.2 Å². The Hall–Kier alpha value is -0.680. The third kappa shape index (κ3) is 3.89. The zero-order chi connectivity index (χ0) is 13.8. The Morgan fingerprint density at radius 2 is 2.11 bits per heavy atom. The molecule has 3 atom stereocenters. The predicted octanol–water partition coefficient (Wildman–Crippen LogP) is 2.41. The van der Waals surface area contributed by atoms with E-state index in [-0.39, 0.29) is 17.2 Å². The molecule has 1 fully saturated rings. The van der Waals surface area contributed by atoms with Gasteiger partial charge in [-0.25, -0.2) is 4.39 Å². The minimum Gasteiger partial charge on any atom is -0.392 e. The molecule has 0 amide bonds. The quantitative estimate of drug-likeness (QED) is 0.797. The van der Waals surface area contributed by atoms with Crippen LogP contribution in [0.2, 0.25) is 5.02 Å². The van der Waals surface area contributed by atoms with Gasteiger partial charge in [0.25, 0.3) is 0 Å². The fourth-order valence-electron chi connectivity index (χ4n) is 2.49. The van der Waals surface area contributed by atoms with Crippen molar-refractivity contribution in [1.29, 1.82) is 0 Å². The molecule has 3 N–H and O–H groups in total. The van der Waals surface area contributed by atoms with E-state index < -0.39 is 11.9 Å². The van der Waals surface area contributed by atoms with Crippen LogP contribution in [0.15, 0.2) is 18.2 Å². The maximum Gasteiger partial charge on any atom is 0.124 e. The number of rotatable bonds is 4. The smallest absolute Gasteiger partial charge is 0.124 e. The summed E-state index contributed by atoms with van der Waals surface area (Å²) < 4.78 is 12.9. The lowest BCUT2D eigenvalue weighted by atomic mass is 9.92. The lowest BCUT2D eigenvalue weighted by molar-refractivity contribution is 0.0798. The number of hydrogen-bond donors (Lipinski definition) is 3. The van der Waals surface area contributed by atoms with Crippen LogP contribution in [0.25, 0.3) is 0 Å². The fourth-order valence-corrected chi connectivity index (χ4v) is 2.79. The molecule has 106 valence electrons. The number of benzene rings is 1. The van der Waals surface area contributed by atoms with Crippen LogP contribution < -0.4 is 5.32 Å². The van der Waals surface area contributed by atoms with E-state index in [2.05, 4.69) is 5.32 Å². The van der Waals surface area contributed by atoms with Gasteiger partial charge in [-0.3, -0.25) is 0 Å². The second-order valence-corrected chi connectivity index (χ2v) is 5.46. The molecule has 0 aromatic heterocycles. The van der Waals surface area contributed by atoms with Gasteiger partial charge in [0.1, 0.15) is 5.82 Å². The first kappa shape index (κ1) is 14.7. The van der Waals surface area contributed by atoms with Crippen LogP contribution in [-0.2, 0) is 0 Å². The van der Waals surface area contributed by atoms with Crippen molar-refractivity contribution in [2.24, 2.45) is 0 Å². The van der Waals surface area contributed by atoms with Gasteiger partial charge in [0, 0.05) is 23.2 Å². The molecule has 0 aliphatic heterocycles. The summed E-state index contributed by atoms with van der Waals surface area (Å²) in [6.07, 6.45) is 2.68. The molecule has 1 aliphatic carbocycles. The van der Waals surface area contributed by atoms with Crippen LogP contribution in [0, 0.1) is 5.82 Å². The van der Waals surface area contributed by atoms with Crippen molar-refractivity contribution in [1.82, 2.24) is 5.32 Å². The van der Waals surface area contributed by atoms with Crippen LogP contribution in [0.5, 0.6) is 0 Å². The molecule has 3 nitrogen and oxygen atoms in total. The van der Waals surface area contributed by atoms with Gasteiger partial charge in [-0.05, 0) is 25.0 Å². The maximum absolute atomic E-state index is 12.9. The summed E-state index contributed by atoms with van der Waals surface area (Å²) in [7, 11) is 0. The first-order chi connectivity index (χ1) is 9.08. The highest BCUT2D eigenvalue weighted by molar-refractivity contribution is 6.31. The van der Waals surface area contributed by atoms with Gasteiger partial charge in [0.2, 0.25) is 0 Å². The minimum atomic E-state index is -0.803. The highest BCUT2D eigenvalue weighted by atomic mass is 35.5. The molecule has 1 unspecified atom stereocenters. The standard InChI is InChI=1S/C14H19ClFNO2/c15-11-7-9(16)5-6-10(11)14(19)8-17-12-3-1-2-4-13(12)18/h5-7,12-14,17-19H,1-4,8H2/t12-,13-,14?/m1/s1. The van der Waals surface area contributed by atoms with E-state index in [0.29, 0.717) is 12.1 Å². The third-order valence-electron chi connectivity index (χ3n) is 3.62. The average molecular weight is 288 g/mol. The lowest BCUT2D eigenvalue weighted by Crippen LogP contribution is -2.43. The zero-order valence-corrected chi connectivity index (χ0v) is 11.4. The van der Waals surface area contributed by atoms with Crippen LogP contribution in [0.3, 0.4) is 0 Å².